The Hall–Kier alpha value is -2.60. The summed E-state index contributed by atoms with van der Waals surface area (Å²) in [6.45, 7) is 3.68. The predicted octanol–water partition coefficient (Wildman–Crippen LogP) is 3.41. The van der Waals surface area contributed by atoms with Crippen LogP contribution in [0.5, 0.6) is 0 Å². The summed E-state index contributed by atoms with van der Waals surface area (Å²) in [6, 6.07) is 11.9. The molecule has 0 aromatic heterocycles. The lowest BCUT2D eigenvalue weighted by Gasteiger charge is -2.09. The van der Waals surface area contributed by atoms with Gasteiger partial charge in [0.15, 0.2) is 0 Å². The summed E-state index contributed by atoms with van der Waals surface area (Å²) in [7, 11) is -3.81. The molecule has 0 radical (unpaired) electrons. The molecule has 6 heteroatoms. The molecular formula is C17H17NO4S. The Balaban J connectivity index is 2.25. The van der Waals surface area contributed by atoms with Crippen molar-refractivity contribution < 1.29 is 18.3 Å². The average molecular weight is 331 g/mol. The van der Waals surface area contributed by atoms with Crippen molar-refractivity contribution >= 4 is 27.8 Å². The summed E-state index contributed by atoms with van der Waals surface area (Å²) < 4.78 is 26.5. The molecule has 2 N–H and O–H groups in total. The van der Waals surface area contributed by atoms with Gasteiger partial charge < -0.3 is 5.11 Å². The van der Waals surface area contributed by atoms with E-state index in [0.29, 0.717) is 0 Å². The zero-order valence-corrected chi connectivity index (χ0v) is 13.6. The zero-order valence-electron chi connectivity index (χ0n) is 12.8. The Morgan fingerprint density at radius 2 is 1.65 bits per heavy atom. The first-order valence-corrected chi connectivity index (χ1v) is 8.43. The van der Waals surface area contributed by atoms with Gasteiger partial charge in [0.2, 0.25) is 0 Å². The highest BCUT2D eigenvalue weighted by atomic mass is 32.2. The predicted molar refractivity (Wildman–Crippen MR) is 90.9 cm³/mol. The number of nitrogens with one attached hydrogen (secondary N) is 1. The lowest BCUT2D eigenvalue weighted by atomic mass is 10.1. The lowest BCUT2D eigenvalue weighted by Crippen LogP contribution is -2.12. The molecule has 0 spiro atoms. The fourth-order valence-electron chi connectivity index (χ4n) is 1.96. The van der Waals surface area contributed by atoms with Crippen LogP contribution >= 0.6 is 0 Å². The Labute approximate surface area is 135 Å². The second-order valence-electron chi connectivity index (χ2n) is 5.21. The third kappa shape index (κ3) is 4.69. The maximum absolute atomic E-state index is 12.1. The van der Waals surface area contributed by atoms with Crippen LogP contribution in [-0.4, -0.2) is 19.5 Å². The van der Waals surface area contributed by atoms with Crippen molar-refractivity contribution in [1.29, 1.82) is 0 Å². The molecule has 0 saturated heterocycles. The Morgan fingerprint density at radius 3 is 2.26 bits per heavy atom. The summed E-state index contributed by atoms with van der Waals surface area (Å²) in [5.41, 5.74) is 2.51. The van der Waals surface area contributed by atoms with Gasteiger partial charge >= 0.3 is 5.97 Å². The van der Waals surface area contributed by atoms with Crippen LogP contribution in [0.2, 0.25) is 0 Å². The number of hydrogen-bond acceptors (Lipinski definition) is 3. The van der Waals surface area contributed by atoms with Crippen molar-refractivity contribution in [3.8, 4) is 0 Å². The summed E-state index contributed by atoms with van der Waals surface area (Å²) in [6.07, 6.45) is 1.45. The highest BCUT2D eigenvalue weighted by Gasteiger charge is 2.14. The molecule has 0 atom stereocenters. The normalized spacial score (nSPS) is 11.6. The maximum Gasteiger partial charge on any atom is 0.337 e. The molecule has 0 heterocycles. The van der Waals surface area contributed by atoms with E-state index in [9.17, 15) is 13.2 Å². The van der Waals surface area contributed by atoms with Crippen molar-refractivity contribution in [3.05, 3.63) is 70.1 Å². The molecule has 0 aliphatic carbocycles. The summed E-state index contributed by atoms with van der Waals surface area (Å²) >= 11 is 0. The standard InChI is InChI=1S/C17H17NO4S/c1-12-3-6-14(7-4-12)9-10-23(21,22)18-16-8-5-13(2)11-15(16)17(19)20/h3-11,18H,1-2H3,(H,19,20)/b10-9-. The van der Waals surface area contributed by atoms with Gasteiger partial charge in [-0.15, -0.1) is 0 Å². The van der Waals surface area contributed by atoms with E-state index in [1.807, 2.05) is 19.1 Å². The first-order chi connectivity index (χ1) is 10.8. The van der Waals surface area contributed by atoms with Crippen molar-refractivity contribution in [1.82, 2.24) is 0 Å². The van der Waals surface area contributed by atoms with Gasteiger partial charge in [0.25, 0.3) is 10.0 Å². The van der Waals surface area contributed by atoms with Crippen LogP contribution in [0, 0.1) is 13.8 Å². The SMILES string of the molecule is Cc1ccc(/C=C\S(=O)(=O)Nc2ccc(C)cc2C(=O)O)cc1. The molecule has 2 aromatic carbocycles. The van der Waals surface area contributed by atoms with Crippen LogP contribution in [0.25, 0.3) is 6.08 Å². The second kappa shape index (κ2) is 6.66. The van der Waals surface area contributed by atoms with Crippen molar-refractivity contribution in [2.45, 2.75) is 13.8 Å². The molecular weight excluding hydrogens is 314 g/mol. The molecule has 0 aliphatic heterocycles. The molecule has 0 fully saturated rings. The molecule has 0 unspecified atom stereocenters. The van der Waals surface area contributed by atoms with Gasteiger partial charge in [-0.3, -0.25) is 4.72 Å². The molecule has 0 aliphatic rings. The Morgan fingerprint density at radius 1 is 1.04 bits per heavy atom. The number of carbonyl (C=O) groups is 1. The Bertz CT molecular complexity index is 853. The molecule has 120 valence electrons. The van der Waals surface area contributed by atoms with E-state index in [4.69, 9.17) is 5.11 Å². The van der Waals surface area contributed by atoms with Crippen LogP contribution in [0.15, 0.2) is 47.9 Å². The van der Waals surface area contributed by atoms with Gasteiger partial charge in [0.1, 0.15) is 0 Å². The second-order valence-corrected chi connectivity index (χ2v) is 6.78. The highest BCUT2D eigenvalue weighted by molar-refractivity contribution is 7.95. The fourth-order valence-corrected chi connectivity index (χ4v) is 2.85. The molecule has 23 heavy (non-hydrogen) atoms. The maximum atomic E-state index is 12.1. The minimum absolute atomic E-state index is 0.0386. The van der Waals surface area contributed by atoms with Crippen LogP contribution in [0.1, 0.15) is 27.0 Å². The largest absolute Gasteiger partial charge is 0.478 e. The lowest BCUT2D eigenvalue weighted by molar-refractivity contribution is 0.0698. The van der Waals surface area contributed by atoms with E-state index in [1.165, 1.54) is 18.2 Å². The van der Waals surface area contributed by atoms with E-state index in [-0.39, 0.29) is 11.3 Å². The van der Waals surface area contributed by atoms with Gasteiger partial charge in [0, 0.05) is 0 Å². The number of carboxylic acid groups (broad SMARTS) is 1. The number of anilines is 1. The minimum Gasteiger partial charge on any atom is -0.478 e. The first-order valence-electron chi connectivity index (χ1n) is 6.88. The number of rotatable bonds is 5. The van der Waals surface area contributed by atoms with Gasteiger partial charge in [-0.2, -0.15) is 0 Å². The summed E-state index contributed by atoms with van der Waals surface area (Å²) in [5, 5.41) is 10.2. The van der Waals surface area contributed by atoms with E-state index >= 15 is 0 Å². The van der Waals surface area contributed by atoms with Gasteiger partial charge in [0.05, 0.1) is 16.7 Å². The molecule has 0 saturated carbocycles. The number of aryl methyl sites for hydroxylation is 2. The number of carboxylic acids is 1. The summed E-state index contributed by atoms with van der Waals surface area (Å²) in [4.78, 5) is 11.2. The van der Waals surface area contributed by atoms with Gasteiger partial charge in [-0.05, 0) is 37.6 Å². The number of sulfonamides is 1. The molecule has 5 nitrogen and oxygen atoms in total. The number of aromatic carboxylic acids is 1. The van der Waals surface area contributed by atoms with Crippen molar-refractivity contribution in [2.24, 2.45) is 0 Å². The van der Waals surface area contributed by atoms with Crippen LogP contribution < -0.4 is 4.72 Å². The monoisotopic (exact) mass is 331 g/mol. The highest BCUT2D eigenvalue weighted by Crippen LogP contribution is 2.19. The first kappa shape index (κ1) is 16.8. The van der Waals surface area contributed by atoms with E-state index in [1.54, 1.807) is 25.1 Å². The minimum atomic E-state index is -3.81. The summed E-state index contributed by atoms with van der Waals surface area (Å²) in [5.74, 6) is -1.19. The number of hydrogen-bond donors (Lipinski definition) is 2. The molecule has 2 rings (SSSR count). The van der Waals surface area contributed by atoms with Crippen LogP contribution in [-0.2, 0) is 10.0 Å². The third-order valence-electron chi connectivity index (χ3n) is 3.17. The quantitative estimate of drug-likeness (QED) is 0.879. The zero-order chi connectivity index (χ0) is 17.0. The van der Waals surface area contributed by atoms with Crippen LogP contribution in [0.4, 0.5) is 5.69 Å². The fraction of sp³-hybridized carbons (Fsp3) is 0.118. The van der Waals surface area contributed by atoms with Gasteiger partial charge in [-0.1, -0.05) is 41.5 Å². The smallest absolute Gasteiger partial charge is 0.337 e. The van der Waals surface area contributed by atoms with E-state index in [0.717, 1.165) is 22.1 Å². The van der Waals surface area contributed by atoms with Crippen molar-refractivity contribution in [2.75, 3.05) is 4.72 Å². The van der Waals surface area contributed by atoms with Gasteiger partial charge in [-0.25, -0.2) is 13.2 Å². The third-order valence-corrected chi connectivity index (χ3v) is 4.17. The Kier molecular flexibility index (Phi) is 4.86. The number of benzene rings is 2. The van der Waals surface area contributed by atoms with E-state index in [2.05, 4.69) is 4.72 Å². The van der Waals surface area contributed by atoms with Crippen molar-refractivity contribution in [3.63, 3.8) is 0 Å². The van der Waals surface area contributed by atoms with Crippen LogP contribution in [0.3, 0.4) is 0 Å². The average Bonchev–Trinajstić information content (AvgIpc) is 2.48. The molecule has 0 bridgehead atoms. The molecule has 0 amide bonds. The topological polar surface area (TPSA) is 83.5 Å². The molecule has 2 aromatic rings. The van der Waals surface area contributed by atoms with E-state index < -0.39 is 16.0 Å².